The second-order valence-electron chi connectivity index (χ2n) is 7.29. The number of para-hydroxylation sites is 2. The van der Waals surface area contributed by atoms with Crippen molar-refractivity contribution in [2.75, 3.05) is 0 Å². The Morgan fingerprint density at radius 1 is 0.967 bits per heavy atom. The van der Waals surface area contributed by atoms with Crippen LogP contribution in [0, 0.1) is 0 Å². The van der Waals surface area contributed by atoms with Gasteiger partial charge in [0.15, 0.2) is 0 Å². The van der Waals surface area contributed by atoms with Crippen molar-refractivity contribution in [3.63, 3.8) is 0 Å². The van der Waals surface area contributed by atoms with E-state index in [1.165, 1.54) is 0 Å². The topological polar surface area (TPSA) is 58.5 Å². The van der Waals surface area contributed by atoms with E-state index in [0.717, 1.165) is 49.1 Å². The predicted molar refractivity (Wildman–Crippen MR) is 124 cm³/mol. The van der Waals surface area contributed by atoms with Crippen LogP contribution < -0.4 is 10.6 Å². The molecule has 146 valence electrons. The van der Waals surface area contributed by atoms with Crippen molar-refractivity contribution in [1.82, 2.24) is 4.57 Å². The van der Waals surface area contributed by atoms with Gasteiger partial charge >= 0.3 is 7.12 Å². The summed E-state index contributed by atoms with van der Waals surface area (Å²) in [7, 11) is -1.62. The number of rotatable bonds is 3. The normalized spacial score (nSPS) is 13.0. The number of hydrogen-bond donors (Lipinski definition) is 2. The number of furan rings is 1. The smallest absolute Gasteiger partial charge is 0.455 e. The molecule has 0 aliphatic carbocycles. The SMILES string of the molecule is C=C(/C=c1\c(=C/C)c2c3oc4ccccc4c3ccc2n1-c1ccccc1)B(O)O. The van der Waals surface area contributed by atoms with Crippen molar-refractivity contribution >= 4 is 52.1 Å². The molecule has 2 N–H and O–H groups in total. The Hall–Kier alpha value is -3.54. The maximum atomic E-state index is 9.64. The molecule has 5 aromatic rings. The Morgan fingerprint density at radius 2 is 1.70 bits per heavy atom. The van der Waals surface area contributed by atoms with Crippen molar-refractivity contribution in [3.05, 3.63) is 89.3 Å². The lowest BCUT2D eigenvalue weighted by Crippen LogP contribution is -2.30. The van der Waals surface area contributed by atoms with Gasteiger partial charge < -0.3 is 19.0 Å². The summed E-state index contributed by atoms with van der Waals surface area (Å²) in [5.41, 5.74) is 3.83. The van der Waals surface area contributed by atoms with Crippen LogP contribution in [0.25, 0.3) is 50.7 Å². The fourth-order valence-corrected chi connectivity index (χ4v) is 4.14. The van der Waals surface area contributed by atoms with Crippen molar-refractivity contribution in [1.29, 1.82) is 0 Å². The van der Waals surface area contributed by atoms with Gasteiger partial charge in [0.25, 0.3) is 0 Å². The van der Waals surface area contributed by atoms with Crippen molar-refractivity contribution in [2.24, 2.45) is 0 Å². The number of fused-ring (bicyclic) bond motifs is 5. The molecule has 3 aromatic carbocycles. The minimum atomic E-state index is -1.62. The highest BCUT2D eigenvalue weighted by Crippen LogP contribution is 2.33. The molecule has 4 nitrogen and oxygen atoms in total. The number of benzene rings is 3. The first-order chi connectivity index (χ1) is 14.6. The van der Waals surface area contributed by atoms with Crippen LogP contribution in [0.3, 0.4) is 0 Å². The highest BCUT2D eigenvalue weighted by Gasteiger charge is 2.18. The summed E-state index contributed by atoms with van der Waals surface area (Å²) in [6.07, 6.45) is 3.75. The minimum Gasteiger partial charge on any atom is -0.455 e. The highest BCUT2D eigenvalue weighted by molar-refractivity contribution is 6.53. The zero-order valence-corrected chi connectivity index (χ0v) is 16.5. The van der Waals surface area contributed by atoms with Gasteiger partial charge in [-0.15, -0.1) is 0 Å². The largest absolute Gasteiger partial charge is 0.487 e. The van der Waals surface area contributed by atoms with Crippen LogP contribution in [0.1, 0.15) is 6.92 Å². The second kappa shape index (κ2) is 7.06. The maximum absolute atomic E-state index is 9.64. The second-order valence-corrected chi connectivity index (χ2v) is 7.29. The van der Waals surface area contributed by atoms with E-state index in [-0.39, 0.29) is 5.47 Å². The quantitative estimate of drug-likeness (QED) is 0.460. The standard InChI is InChI=1S/C25H20BNO3/c1-3-18-22(15-16(2)26(28)29)27(17-9-5-4-6-10-17)21-14-13-20-19-11-7-8-12-23(19)30-25(20)24(18)21/h3-15,28-29H,2H2,1H3/b18-3+,22-15+. The van der Waals surface area contributed by atoms with Crippen molar-refractivity contribution in [2.45, 2.75) is 6.92 Å². The van der Waals surface area contributed by atoms with E-state index in [9.17, 15) is 10.0 Å². The number of aromatic nitrogens is 1. The molecular weight excluding hydrogens is 373 g/mol. The van der Waals surface area contributed by atoms with Crippen LogP contribution in [-0.2, 0) is 0 Å². The molecule has 5 rings (SSSR count). The third kappa shape index (κ3) is 2.71. The van der Waals surface area contributed by atoms with Gasteiger partial charge in [-0.05, 0) is 48.8 Å². The van der Waals surface area contributed by atoms with Gasteiger partial charge in [-0.2, -0.15) is 0 Å². The summed E-state index contributed by atoms with van der Waals surface area (Å²) in [5, 5.41) is 24.2. The first kappa shape index (κ1) is 18.5. The molecule has 0 aliphatic heterocycles. The van der Waals surface area contributed by atoms with Gasteiger partial charge in [0.05, 0.1) is 16.3 Å². The van der Waals surface area contributed by atoms with Crippen LogP contribution in [0.15, 0.2) is 83.2 Å². The molecule has 5 heteroatoms. The van der Waals surface area contributed by atoms with E-state index < -0.39 is 7.12 Å². The summed E-state index contributed by atoms with van der Waals surface area (Å²) in [6, 6.07) is 22.2. The first-order valence-corrected chi connectivity index (χ1v) is 9.83. The van der Waals surface area contributed by atoms with Crippen LogP contribution in [-0.4, -0.2) is 21.7 Å². The lowest BCUT2D eigenvalue weighted by atomic mass is 9.80. The van der Waals surface area contributed by atoms with E-state index >= 15 is 0 Å². The number of allylic oxidation sites excluding steroid dienone is 1. The summed E-state index contributed by atoms with van der Waals surface area (Å²) in [5.74, 6) is 0. The molecule has 0 fully saturated rings. The fourth-order valence-electron chi connectivity index (χ4n) is 4.14. The van der Waals surface area contributed by atoms with Crippen molar-refractivity contribution < 1.29 is 14.5 Å². The summed E-state index contributed by atoms with van der Waals surface area (Å²) >= 11 is 0. The summed E-state index contributed by atoms with van der Waals surface area (Å²) in [6.45, 7) is 5.79. The average Bonchev–Trinajstić information content (AvgIpc) is 3.29. The molecule has 0 atom stereocenters. The monoisotopic (exact) mass is 393 g/mol. The Balaban J connectivity index is 2.03. The van der Waals surface area contributed by atoms with Crippen molar-refractivity contribution in [3.8, 4) is 5.69 Å². The Morgan fingerprint density at radius 3 is 2.43 bits per heavy atom. The molecule has 0 spiro atoms. The molecule has 0 saturated heterocycles. The Bertz CT molecular complexity index is 1540. The highest BCUT2D eigenvalue weighted by atomic mass is 16.4. The van der Waals surface area contributed by atoms with E-state index in [4.69, 9.17) is 4.42 Å². The Kier molecular flexibility index (Phi) is 4.35. The predicted octanol–water partition coefficient (Wildman–Crippen LogP) is 3.68. The molecule has 0 unspecified atom stereocenters. The van der Waals surface area contributed by atoms with Gasteiger partial charge in [-0.3, -0.25) is 0 Å². The first-order valence-electron chi connectivity index (χ1n) is 9.83. The van der Waals surface area contributed by atoms with Gasteiger partial charge in [0.2, 0.25) is 0 Å². The van der Waals surface area contributed by atoms with Crippen LogP contribution in [0.2, 0.25) is 0 Å². The van der Waals surface area contributed by atoms with Gasteiger partial charge in [-0.25, -0.2) is 0 Å². The zero-order valence-electron chi connectivity index (χ0n) is 16.5. The van der Waals surface area contributed by atoms with Crippen LogP contribution in [0.4, 0.5) is 0 Å². The molecule has 0 radical (unpaired) electrons. The van der Waals surface area contributed by atoms with Gasteiger partial charge in [-0.1, -0.05) is 49.1 Å². The van der Waals surface area contributed by atoms with E-state index in [1.807, 2.05) is 61.5 Å². The number of nitrogens with zero attached hydrogens (tertiary/aromatic N) is 1. The zero-order chi connectivity index (χ0) is 20.8. The summed E-state index contributed by atoms with van der Waals surface area (Å²) < 4.78 is 8.40. The van der Waals surface area contributed by atoms with Crippen LogP contribution >= 0.6 is 0 Å². The minimum absolute atomic E-state index is 0.221. The van der Waals surface area contributed by atoms with Gasteiger partial charge in [0.1, 0.15) is 11.2 Å². The molecule has 0 aliphatic rings. The van der Waals surface area contributed by atoms with E-state index in [1.54, 1.807) is 6.08 Å². The van der Waals surface area contributed by atoms with E-state index in [2.05, 4.69) is 29.3 Å². The summed E-state index contributed by atoms with van der Waals surface area (Å²) in [4.78, 5) is 0. The number of hydrogen-bond acceptors (Lipinski definition) is 3. The molecule has 30 heavy (non-hydrogen) atoms. The molecule has 0 amide bonds. The molecule has 0 bridgehead atoms. The Labute approximate surface area is 173 Å². The average molecular weight is 393 g/mol. The van der Waals surface area contributed by atoms with Gasteiger partial charge in [0, 0.05) is 21.7 Å². The lowest BCUT2D eigenvalue weighted by Gasteiger charge is -2.07. The molecule has 2 aromatic heterocycles. The third-order valence-electron chi connectivity index (χ3n) is 5.51. The molecule has 0 saturated carbocycles. The van der Waals surface area contributed by atoms with Crippen LogP contribution in [0.5, 0.6) is 0 Å². The molecule has 2 heterocycles. The lowest BCUT2D eigenvalue weighted by molar-refractivity contribution is 0.421. The van der Waals surface area contributed by atoms with E-state index in [0.29, 0.717) is 0 Å². The molecular formula is C25H20BNO3. The maximum Gasteiger partial charge on any atom is 0.487 e. The third-order valence-corrected chi connectivity index (χ3v) is 5.51. The fraction of sp³-hybridized carbons (Fsp3) is 0.0400.